The van der Waals surface area contributed by atoms with Gasteiger partial charge in [-0.2, -0.15) is 0 Å². The Morgan fingerprint density at radius 3 is 3.00 bits per heavy atom. The lowest BCUT2D eigenvalue weighted by molar-refractivity contribution is 0.972. The quantitative estimate of drug-likeness (QED) is 0.585. The minimum Gasteiger partial charge on any atom is -0.286 e. The lowest BCUT2D eigenvalue weighted by atomic mass is 10.4. The zero-order chi connectivity index (χ0) is 7.68. The van der Waals surface area contributed by atoms with E-state index in [1.54, 1.807) is 16.7 Å². The van der Waals surface area contributed by atoms with E-state index in [9.17, 15) is 0 Å². The third-order valence-electron chi connectivity index (χ3n) is 1.54. The third kappa shape index (κ3) is 0.902. The number of nitrogens with zero attached hydrogens (tertiary/aromatic N) is 2. The average molecular weight is 145 g/mol. The molecule has 0 saturated heterocycles. The molecule has 0 aliphatic heterocycles. The molecule has 0 aliphatic rings. The highest BCUT2D eigenvalue weighted by Gasteiger charge is 1.88. The van der Waals surface area contributed by atoms with Crippen LogP contribution in [0.1, 0.15) is 0 Å². The van der Waals surface area contributed by atoms with E-state index < -0.39 is 0 Å². The molecule has 0 aromatic carbocycles. The Balaban J connectivity index is 3.03. The second-order valence-corrected chi connectivity index (χ2v) is 2.26. The summed E-state index contributed by atoms with van der Waals surface area (Å²) < 4.78 is 1.72. The van der Waals surface area contributed by atoms with Crippen LogP contribution in [0.2, 0.25) is 0 Å². The van der Waals surface area contributed by atoms with Crippen LogP contribution in [0.3, 0.4) is 0 Å². The molecule has 2 heterocycles. The molecule has 0 atom stereocenters. The van der Waals surface area contributed by atoms with Gasteiger partial charge in [-0.3, -0.25) is 9.81 Å². The van der Waals surface area contributed by atoms with Crippen LogP contribution in [0.5, 0.6) is 0 Å². The van der Waals surface area contributed by atoms with Crippen LogP contribution < -0.4 is 5.49 Å². The lowest BCUT2D eigenvalue weighted by Crippen LogP contribution is -2.11. The molecule has 3 nitrogen and oxygen atoms in total. The van der Waals surface area contributed by atoms with Crippen molar-refractivity contribution in [1.82, 2.24) is 9.38 Å². The van der Waals surface area contributed by atoms with Crippen molar-refractivity contribution in [2.75, 3.05) is 0 Å². The molecule has 0 spiro atoms. The number of nitrogens with one attached hydrogen (secondary N) is 1. The van der Waals surface area contributed by atoms with Gasteiger partial charge in [0.1, 0.15) is 11.1 Å². The molecular formula is C8H7N3. The summed E-state index contributed by atoms with van der Waals surface area (Å²) in [5, 5.41) is 7.49. The fourth-order valence-electron chi connectivity index (χ4n) is 1.01. The minimum atomic E-state index is 0.454. The Hall–Kier alpha value is -1.64. The van der Waals surface area contributed by atoms with Gasteiger partial charge in [0.05, 0.1) is 0 Å². The van der Waals surface area contributed by atoms with Crippen molar-refractivity contribution in [3.05, 3.63) is 42.1 Å². The summed E-state index contributed by atoms with van der Waals surface area (Å²) in [7, 11) is 0. The Bertz CT molecular complexity index is 425. The molecule has 1 N–H and O–H groups in total. The molecule has 2 aromatic rings. The normalized spacial score (nSPS) is 10.2. The van der Waals surface area contributed by atoms with Gasteiger partial charge in [-0.15, -0.1) is 0 Å². The van der Waals surface area contributed by atoms with Crippen LogP contribution in [0.25, 0.3) is 5.65 Å². The van der Waals surface area contributed by atoms with E-state index in [-0.39, 0.29) is 0 Å². The summed E-state index contributed by atoms with van der Waals surface area (Å²) >= 11 is 0. The largest absolute Gasteiger partial charge is 0.286 e. The molecule has 2 rings (SSSR count). The van der Waals surface area contributed by atoms with Crippen molar-refractivity contribution >= 4 is 5.65 Å². The molecule has 0 radical (unpaired) electrons. The van der Waals surface area contributed by atoms with Gasteiger partial charge < -0.3 is 0 Å². The first-order chi connectivity index (χ1) is 5.38. The molecule has 0 aliphatic carbocycles. The molecule has 0 amide bonds. The van der Waals surface area contributed by atoms with E-state index >= 15 is 0 Å². The predicted octanol–water partition coefficient (Wildman–Crippen LogP) is 0.814. The fraction of sp³-hybridized carbons (Fsp3) is 0. The van der Waals surface area contributed by atoms with Crippen LogP contribution in [-0.2, 0) is 0 Å². The molecule has 0 unspecified atom stereocenters. The standard InChI is InChI=1S/C8H7N3/c9-7-4-5-10-8-3-1-2-6-11(7)8/h1-6,9H. The van der Waals surface area contributed by atoms with Gasteiger partial charge in [-0.25, -0.2) is 4.98 Å². The van der Waals surface area contributed by atoms with Gasteiger partial charge in [0.2, 0.25) is 0 Å². The van der Waals surface area contributed by atoms with Gasteiger partial charge in [0.15, 0.2) is 0 Å². The smallest absolute Gasteiger partial charge is 0.138 e. The summed E-state index contributed by atoms with van der Waals surface area (Å²) in [5.74, 6) is 0. The molecule has 0 fully saturated rings. The lowest BCUT2D eigenvalue weighted by Gasteiger charge is -1.96. The second-order valence-electron chi connectivity index (χ2n) is 2.26. The maximum absolute atomic E-state index is 7.49. The Labute approximate surface area is 63.5 Å². The topological polar surface area (TPSA) is 41.2 Å². The predicted molar refractivity (Wildman–Crippen MR) is 41.0 cm³/mol. The zero-order valence-corrected chi connectivity index (χ0v) is 5.86. The Morgan fingerprint density at radius 2 is 2.18 bits per heavy atom. The summed E-state index contributed by atoms with van der Waals surface area (Å²) in [4.78, 5) is 4.08. The highest BCUT2D eigenvalue weighted by Crippen LogP contribution is 1.92. The fourth-order valence-corrected chi connectivity index (χ4v) is 1.01. The first kappa shape index (κ1) is 6.09. The van der Waals surface area contributed by atoms with Gasteiger partial charge in [0, 0.05) is 12.4 Å². The van der Waals surface area contributed by atoms with E-state index in [0.29, 0.717) is 5.49 Å². The van der Waals surface area contributed by atoms with Crippen LogP contribution in [0.4, 0.5) is 0 Å². The maximum atomic E-state index is 7.49. The SMILES string of the molecule is N=c1ccnc2ccccn12. The highest BCUT2D eigenvalue weighted by molar-refractivity contribution is 5.35. The van der Waals surface area contributed by atoms with Gasteiger partial charge in [0.25, 0.3) is 0 Å². The molecule has 0 saturated carbocycles. The monoisotopic (exact) mass is 145 g/mol. The van der Waals surface area contributed by atoms with Crippen LogP contribution in [0.15, 0.2) is 36.7 Å². The van der Waals surface area contributed by atoms with Gasteiger partial charge in [-0.05, 0) is 18.2 Å². The molecule has 54 valence electrons. The number of fused-ring (bicyclic) bond motifs is 1. The summed E-state index contributed by atoms with van der Waals surface area (Å²) in [6.45, 7) is 0. The average Bonchev–Trinajstić information content (AvgIpc) is 2.06. The summed E-state index contributed by atoms with van der Waals surface area (Å²) in [5.41, 5.74) is 1.26. The van der Waals surface area contributed by atoms with Crippen molar-refractivity contribution in [3.63, 3.8) is 0 Å². The number of pyridine rings is 1. The van der Waals surface area contributed by atoms with Crippen molar-refractivity contribution in [3.8, 4) is 0 Å². The summed E-state index contributed by atoms with van der Waals surface area (Å²) in [6.07, 6.45) is 3.46. The Morgan fingerprint density at radius 1 is 1.27 bits per heavy atom. The molecule has 2 aromatic heterocycles. The van der Waals surface area contributed by atoms with E-state index in [1.165, 1.54) is 0 Å². The maximum Gasteiger partial charge on any atom is 0.138 e. The molecule has 11 heavy (non-hydrogen) atoms. The van der Waals surface area contributed by atoms with Gasteiger partial charge >= 0.3 is 0 Å². The summed E-state index contributed by atoms with van der Waals surface area (Å²) in [6, 6.07) is 7.32. The van der Waals surface area contributed by atoms with Crippen molar-refractivity contribution in [2.24, 2.45) is 0 Å². The first-order valence-electron chi connectivity index (χ1n) is 3.35. The third-order valence-corrected chi connectivity index (χ3v) is 1.54. The second kappa shape index (κ2) is 2.20. The van der Waals surface area contributed by atoms with Crippen LogP contribution in [-0.4, -0.2) is 9.38 Å². The van der Waals surface area contributed by atoms with Crippen molar-refractivity contribution in [2.45, 2.75) is 0 Å². The number of rotatable bonds is 0. The molecule has 3 heteroatoms. The van der Waals surface area contributed by atoms with Crippen molar-refractivity contribution in [1.29, 1.82) is 5.41 Å². The minimum absolute atomic E-state index is 0.454. The number of hydrogen-bond acceptors (Lipinski definition) is 2. The molecule has 0 bridgehead atoms. The van der Waals surface area contributed by atoms with E-state index in [4.69, 9.17) is 5.41 Å². The highest BCUT2D eigenvalue weighted by atomic mass is 15.0. The van der Waals surface area contributed by atoms with Gasteiger partial charge in [-0.1, -0.05) is 6.07 Å². The Kier molecular flexibility index (Phi) is 1.22. The number of hydrogen-bond donors (Lipinski definition) is 1. The molecular weight excluding hydrogens is 138 g/mol. The van der Waals surface area contributed by atoms with E-state index in [1.807, 2.05) is 24.4 Å². The van der Waals surface area contributed by atoms with Crippen LogP contribution >= 0.6 is 0 Å². The van der Waals surface area contributed by atoms with E-state index in [2.05, 4.69) is 4.98 Å². The number of aromatic nitrogens is 2. The zero-order valence-electron chi connectivity index (χ0n) is 5.86. The van der Waals surface area contributed by atoms with Crippen LogP contribution in [0, 0.1) is 5.41 Å². The van der Waals surface area contributed by atoms with E-state index in [0.717, 1.165) is 5.65 Å². The first-order valence-corrected chi connectivity index (χ1v) is 3.35. The van der Waals surface area contributed by atoms with Crippen molar-refractivity contribution < 1.29 is 0 Å².